The smallest absolute Gasteiger partial charge is 0.303 e. The van der Waals surface area contributed by atoms with E-state index in [-0.39, 0.29) is 18.4 Å². The number of fused-ring (bicyclic) bond motifs is 2. The Morgan fingerprint density at radius 2 is 1.67 bits per heavy atom. The molecular weight excluding hydrogens is 510 g/mol. The van der Waals surface area contributed by atoms with Crippen molar-refractivity contribution < 1.29 is 14.7 Å². The number of benzene rings is 4. The number of halogens is 1. The van der Waals surface area contributed by atoms with Crippen LogP contribution in [0.1, 0.15) is 53.8 Å². The summed E-state index contributed by atoms with van der Waals surface area (Å²) in [7, 11) is 0. The van der Waals surface area contributed by atoms with Crippen LogP contribution in [0.5, 0.6) is 0 Å². The van der Waals surface area contributed by atoms with Gasteiger partial charge in [-0.3, -0.25) is 9.59 Å². The summed E-state index contributed by atoms with van der Waals surface area (Å²) in [6.45, 7) is 1.98. The molecule has 0 aliphatic rings. The van der Waals surface area contributed by atoms with Crippen molar-refractivity contribution in [3.63, 3.8) is 0 Å². The van der Waals surface area contributed by atoms with Crippen molar-refractivity contribution in [2.75, 3.05) is 0 Å². The van der Waals surface area contributed by atoms with E-state index in [9.17, 15) is 9.59 Å². The lowest BCUT2D eigenvalue weighted by Gasteiger charge is -2.17. The van der Waals surface area contributed by atoms with Crippen molar-refractivity contribution in [3.05, 3.63) is 107 Å². The number of nitrogens with one attached hydrogen (secondary N) is 1. The molecule has 196 valence electrons. The summed E-state index contributed by atoms with van der Waals surface area (Å²) >= 11 is 6.09. The highest BCUT2D eigenvalue weighted by molar-refractivity contribution is 6.30. The van der Waals surface area contributed by atoms with Crippen LogP contribution in [0.3, 0.4) is 0 Å². The Morgan fingerprint density at radius 3 is 2.46 bits per heavy atom. The zero-order valence-corrected chi connectivity index (χ0v) is 22.3. The van der Waals surface area contributed by atoms with Crippen molar-refractivity contribution in [1.29, 1.82) is 0 Å². The number of rotatable bonds is 9. The van der Waals surface area contributed by atoms with Gasteiger partial charge in [0.15, 0.2) is 0 Å². The van der Waals surface area contributed by atoms with Crippen LogP contribution in [0, 0.1) is 0 Å². The molecule has 1 heterocycles. The van der Waals surface area contributed by atoms with Crippen LogP contribution in [0.2, 0.25) is 5.02 Å². The second kappa shape index (κ2) is 11.6. The molecule has 0 saturated heterocycles. The Morgan fingerprint density at radius 1 is 0.897 bits per heavy atom. The number of hydrogen-bond acceptors (Lipinski definition) is 4. The maximum absolute atomic E-state index is 13.3. The second-order valence-corrected chi connectivity index (χ2v) is 10.0. The Labute approximate surface area is 231 Å². The van der Waals surface area contributed by atoms with Gasteiger partial charge in [-0.05, 0) is 72.9 Å². The Kier molecular flexibility index (Phi) is 7.84. The first-order chi connectivity index (χ1) is 18.9. The van der Waals surface area contributed by atoms with Crippen LogP contribution in [-0.4, -0.2) is 27.0 Å². The summed E-state index contributed by atoms with van der Waals surface area (Å²) < 4.78 is 0. The SMILES string of the molecule is C[C@@H](NC(=O)c1ccc2nc(-c3ccc(Cl)cc3)c(CCCCC(=O)O)nc2c1)c1cccc2ccccc12. The molecular formula is C32H28ClN3O3. The first-order valence-corrected chi connectivity index (χ1v) is 13.3. The molecule has 0 aliphatic heterocycles. The maximum atomic E-state index is 13.3. The lowest BCUT2D eigenvalue weighted by molar-refractivity contribution is -0.137. The molecule has 0 aliphatic carbocycles. The Balaban J connectivity index is 1.43. The molecule has 1 amide bonds. The largest absolute Gasteiger partial charge is 0.481 e. The van der Waals surface area contributed by atoms with Gasteiger partial charge in [0.1, 0.15) is 0 Å². The summed E-state index contributed by atoms with van der Waals surface area (Å²) in [6.07, 6.45) is 1.89. The minimum atomic E-state index is -0.814. The number of unbranched alkanes of at least 4 members (excludes halogenated alkanes) is 1. The predicted molar refractivity (Wildman–Crippen MR) is 155 cm³/mol. The van der Waals surface area contributed by atoms with Crippen molar-refractivity contribution in [2.24, 2.45) is 0 Å². The molecule has 5 aromatic rings. The van der Waals surface area contributed by atoms with E-state index in [2.05, 4.69) is 23.5 Å². The standard InChI is InChI=1S/C32H28ClN3O3/c1-20(25-10-6-8-21-7-2-3-9-26(21)25)34-32(39)23-15-18-27-29(19-23)35-28(11-4-5-12-30(37)38)31(36-27)22-13-16-24(33)17-14-22/h2-3,6-10,13-20H,4-5,11-12H2,1H3,(H,34,39)(H,37,38)/t20-/m1/s1. The molecule has 1 aromatic heterocycles. The molecule has 2 N–H and O–H groups in total. The van der Waals surface area contributed by atoms with E-state index in [4.69, 9.17) is 26.7 Å². The highest BCUT2D eigenvalue weighted by Crippen LogP contribution is 2.28. The van der Waals surface area contributed by atoms with Crippen molar-refractivity contribution >= 4 is 45.3 Å². The number of hydrogen-bond donors (Lipinski definition) is 2. The topological polar surface area (TPSA) is 92.2 Å². The molecule has 0 spiro atoms. The fraction of sp³-hybridized carbons (Fsp3) is 0.188. The number of carbonyl (C=O) groups excluding carboxylic acids is 1. The molecule has 0 saturated carbocycles. The van der Waals surface area contributed by atoms with Gasteiger partial charge in [0, 0.05) is 22.6 Å². The van der Waals surface area contributed by atoms with Gasteiger partial charge in [-0.1, -0.05) is 66.2 Å². The summed E-state index contributed by atoms with van der Waals surface area (Å²) in [6, 6.07) is 26.8. The van der Waals surface area contributed by atoms with E-state index >= 15 is 0 Å². The average molecular weight is 538 g/mol. The molecule has 4 aromatic carbocycles. The zero-order chi connectivity index (χ0) is 27.4. The molecule has 1 atom stereocenters. The first-order valence-electron chi connectivity index (χ1n) is 13.0. The highest BCUT2D eigenvalue weighted by Gasteiger charge is 2.16. The van der Waals surface area contributed by atoms with Crippen LogP contribution in [0.15, 0.2) is 84.9 Å². The van der Waals surface area contributed by atoms with Gasteiger partial charge >= 0.3 is 5.97 Å². The average Bonchev–Trinajstić information content (AvgIpc) is 2.94. The van der Waals surface area contributed by atoms with Gasteiger partial charge in [-0.2, -0.15) is 0 Å². The van der Waals surface area contributed by atoms with Crippen LogP contribution in [0.25, 0.3) is 33.1 Å². The predicted octanol–water partition coefficient (Wildman–Crippen LogP) is 7.39. The van der Waals surface area contributed by atoms with E-state index in [1.165, 1.54) is 0 Å². The number of aryl methyl sites for hydroxylation is 1. The van der Waals surface area contributed by atoms with E-state index < -0.39 is 5.97 Å². The van der Waals surface area contributed by atoms with E-state index in [1.807, 2.05) is 61.5 Å². The number of aromatic nitrogens is 2. The highest BCUT2D eigenvalue weighted by atomic mass is 35.5. The lowest BCUT2D eigenvalue weighted by Crippen LogP contribution is -2.26. The van der Waals surface area contributed by atoms with Crippen molar-refractivity contribution in [1.82, 2.24) is 15.3 Å². The summed E-state index contributed by atoms with van der Waals surface area (Å²) in [5.74, 6) is -1.00. The van der Waals surface area contributed by atoms with Crippen LogP contribution in [-0.2, 0) is 11.2 Å². The third kappa shape index (κ3) is 6.07. The minimum absolute atomic E-state index is 0.108. The molecule has 0 fully saturated rings. The van der Waals surface area contributed by atoms with Crippen LogP contribution < -0.4 is 5.32 Å². The maximum Gasteiger partial charge on any atom is 0.303 e. The van der Waals surface area contributed by atoms with E-state index in [1.54, 1.807) is 12.1 Å². The lowest BCUT2D eigenvalue weighted by atomic mass is 9.99. The molecule has 0 unspecified atom stereocenters. The van der Waals surface area contributed by atoms with Gasteiger partial charge in [0.05, 0.1) is 28.5 Å². The molecule has 0 bridgehead atoms. The van der Waals surface area contributed by atoms with E-state index in [0.717, 1.165) is 33.3 Å². The fourth-order valence-electron chi connectivity index (χ4n) is 4.80. The summed E-state index contributed by atoms with van der Waals surface area (Å²) in [5, 5.41) is 15.0. The van der Waals surface area contributed by atoms with Gasteiger partial charge < -0.3 is 10.4 Å². The van der Waals surface area contributed by atoms with Gasteiger partial charge in [-0.25, -0.2) is 9.97 Å². The van der Waals surface area contributed by atoms with Crippen molar-refractivity contribution in [2.45, 2.75) is 38.6 Å². The minimum Gasteiger partial charge on any atom is -0.481 e. The van der Waals surface area contributed by atoms with Gasteiger partial charge in [0.2, 0.25) is 0 Å². The summed E-state index contributed by atoms with van der Waals surface area (Å²) in [4.78, 5) is 34.0. The molecule has 7 heteroatoms. The Hall–Kier alpha value is -4.29. The van der Waals surface area contributed by atoms with Gasteiger partial charge in [-0.15, -0.1) is 0 Å². The monoisotopic (exact) mass is 537 g/mol. The summed E-state index contributed by atoms with van der Waals surface area (Å²) in [5.41, 5.74) is 5.22. The molecule has 39 heavy (non-hydrogen) atoms. The van der Waals surface area contributed by atoms with Crippen LogP contribution >= 0.6 is 11.6 Å². The number of nitrogens with zero attached hydrogens (tertiary/aromatic N) is 2. The van der Waals surface area contributed by atoms with Gasteiger partial charge in [0.25, 0.3) is 5.91 Å². The molecule has 5 rings (SSSR count). The third-order valence-electron chi connectivity index (χ3n) is 6.81. The van der Waals surface area contributed by atoms with Crippen LogP contribution in [0.4, 0.5) is 0 Å². The first kappa shape index (κ1) is 26.3. The number of aliphatic carboxylic acids is 1. The number of carboxylic acids is 1. The fourth-order valence-corrected chi connectivity index (χ4v) is 4.93. The molecule has 0 radical (unpaired) electrons. The molecule has 6 nitrogen and oxygen atoms in total. The second-order valence-electron chi connectivity index (χ2n) is 9.59. The quantitative estimate of drug-likeness (QED) is 0.191. The van der Waals surface area contributed by atoms with Crippen molar-refractivity contribution in [3.8, 4) is 11.3 Å². The normalized spacial score (nSPS) is 11.9. The van der Waals surface area contributed by atoms with E-state index in [0.29, 0.717) is 40.9 Å². The Bertz CT molecular complexity index is 1660. The number of carbonyl (C=O) groups is 2. The third-order valence-corrected chi connectivity index (χ3v) is 7.06. The number of amides is 1. The zero-order valence-electron chi connectivity index (χ0n) is 21.5. The number of carboxylic acid groups (broad SMARTS) is 1.